The van der Waals surface area contributed by atoms with Gasteiger partial charge in [-0.25, -0.2) is 9.48 Å². The van der Waals surface area contributed by atoms with Crippen LogP contribution in [0.25, 0.3) is 0 Å². The monoisotopic (exact) mass is 268 g/mol. The first-order valence-corrected chi connectivity index (χ1v) is 6.07. The SMILES string of the molecule is CC1COCCC1NC(=O)Cn1cc(C(=O)O)nn1. The fourth-order valence-corrected chi connectivity index (χ4v) is 1.97. The Hall–Kier alpha value is -1.96. The van der Waals surface area contributed by atoms with Crippen LogP contribution < -0.4 is 5.32 Å². The highest BCUT2D eigenvalue weighted by Crippen LogP contribution is 2.13. The number of nitrogens with one attached hydrogen (secondary N) is 1. The first-order chi connectivity index (χ1) is 9.06. The van der Waals surface area contributed by atoms with Gasteiger partial charge in [-0.2, -0.15) is 0 Å². The average molecular weight is 268 g/mol. The summed E-state index contributed by atoms with van der Waals surface area (Å²) >= 11 is 0. The number of hydrogen-bond donors (Lipinski definition) is 2. The fourth-order valence-electron chi connectivity index (χ4n) is 1.97. The number of carbonyl (C=O) groups is 2. The summed E-state index contributed by atoms with van der Waals surface area (Å²) < 4.78 is 6.51. The summed E-state index contributed by atoms with van der Waals surface area (Å²) in [6, 6.07) is 0.0868. The molecular weight excluding hydrogens is 252 g/mol. The molecule has 2 unspecified atom stereocenters. The van der Waals surface area contributed by atoms with Gasteiger partial charge in [0.2, 0.25) is 5.91 Å². The van der Waals surface area contributed by atoms with Crippen molar-refractivity contribution in [3.05, 3.63) is 11.9 Å². The van der Waals surface area contributed by atoms with E-state index in [2.05, 4.69) is 15.6 Å². The summed E-state index contributed by atoms with van der Waals surface area (Å²) in [4.78, 5) is 22.4. The molecule has 0 aromatic carbocycles. The van der Waals surface area contributed by atoms with Crippen LogP contribution in [0.5, 0.6) is 0 Å². The van der Waals surface area contributed by atoms with E-state index in [0.717, 1.165) is 6.42 Å². The average Bonchev–Trinajstić information content (AvgIpc) is 2.80. The molecule has 8 heteroatoms. The van der Waals surface area contributed by atoms with E-state index in [1.807, 2.05) is 6.92 Å². The van der Waals surface area contributed by atoms with Crippen molar-refractivity contribution in [3.8, 4) is 0 Å². The molecule has 8 nitrogen and oxygen atoms in total. The van der Waals surface area contributed by atoms with Crippen molar-refractivity contribution in [1.82, 2.24) is 20.3 Å². The lowest BCUT2D eigenvalue weighted by Gasteiger charge is -2.29. The number of carbonyl (C=O) groups excluding carboxylic acids is 1. The molecule has 1 aliphatic heterocycles. The lowest BCUT2D eigenvalue weighted by atomic mass is 9.98. The van der Waals surface area contributed by atoms with Crippen molar-refractivity contribution < 1.29 is 19.4 Å². The highest BCUT2D eigenvalue weighted by molar-refractivity contribution is 5.84. The molecule has 2 heterocycles. The van der Waals surface area contributed by atoms with Crippen LogP contribution in [0.4, 0.5) is 0 Å². The zero-order valence-electron chi connectivity index (χ0n) is 10.6. The van der Waals surface area contributed by atoms with Crippen LogP contribution in [-0.4, -0.2) is 51.2 Å². The molecule has 0 saturated carbocycles. The van der Waals surface area contributed by atoms with Gasteiger partial charge in [0, 0.05) is 12.6 Å². The number of rotatable bonds is 4. The molecule has 1 fully saturated rings. The Bertz CT molecular complexity index is 473. The van der Waals surface area contributed by atoms with Gasteiger partial charge >= 0.3 is 5.97 Å². The summed E-state index contributed by atoms with van der Waals surface area (Å²) in [7, 11) is 0. The Morgan fingerprint density at radius 2 is 2.42 bits per heavy atom. The van der Waals surface area contributed by atoms with Gasteiger partial charge in [0.05, 0.1) is 12.8 Å². The molecule has 0 spiro atoms. The van der Waals surface area contributed by atoms with Crippen molar-refractivity contribution >= 4 is 11.9 Å². The van der Waals surface area contributed by atoms with Crippen LogP contribution >= 0.6 is 0 Å². The summed E-state index contributed by atoms with van der Waals surface area (Å²) in [5.41, 5.74) is -0.174. The molecule has 1 saturated heterocycles. The number of hydrogen-bond acceptors (Lipinski definition) is 5. The quantitative estimate of drug-likeness (QED) is 0.763. The number of nitrogens with zero attached hydrogens (tertiary/aromatic N) is 3. The minimum atomic E-state index is -1.16. The molecule has 0 bridgehead atoms. The zero-order valence-corrected chi connectivity index (χ0v) is 10.6. The van der Waals surface area contributed by atoms with Crippen molar-refractivity contribution in [2.45, 2.75) is 25.9 Å². The number of aromatic nitrogens is 3. The molecule has 2 rings (SSSR count). The number of carboxylic acids is 1. The van der Waals surface area contributed by atoms with Crippen LogP contribution in [-0.2, 0) is 16.1 Å². The van der Waals surface area contributed by atoms with Gasteiger partial charge in [-0.05, 0) is 12.3 Å². The standard InChI is InChI=1S/C11H16N4O4/c1-7-6-19-3-2-8(7)12-10(16)5-15-4-9(11(17)18)13-14-15/h4,7-8H,2-3,5-6H2,1H3,(H,12,16)(H,17,18). The van der Waals surface area contributed by atoms with Crippen molar-refractivity contribution in [2.24, 2.45) is 5.92 Å². The van der Waals surface area contributed by atoms with Crippen molar-refractivity contribution in [3.63, 3.8) is 0 Å². The highest BCUT2D eigenvalue weighted by atomic mass is 16.5. The topological polar surface area (TPSA) is 106 Å². The molecule has 0 aliphatic carbocycles. The predicted octanol–water partition coefficient (Wildman–Crippen LogP) is -0.482. The smallest absolute Gasteiger partial charge is 0.358 e. The molecule has 1 amide bonds. The van der Waals surface area contributed by atoms with Gasteiger partial charge in [-0.3, -0.25) is 4.79 Å². The maximum absolute atomic E-state index is 11.8. The molecule has 0 radical (unpaired) electrons. The third kappa shape index (κ3) is 3.50. The van der Waals surface area contributed by atoms with E-state index in [0.29, 0.717) is 13.2 Å². The Kier molecular flexibility index (Phi) is 4.10. The second-order valence-electron chi connectivity index (χ2n) is 4.62. The summed E-state index contributed by atoms with van der Waals surface area (Å²) in [5, 5.41) is 18.6. The number of ether oxygens (including phenoxy) is 1. The Labute approximate surface area is 109 Å². The Balaban J connectivity index is 1.87. The largest absolute Gasteiger partial charge is 0.476 e. The summed E-state index contributed by atoms with van der Waals surface area (Å²) in [6.45, 7) is 3.26. The lowest BCUT2D eigenvalue weighted by Crippen LogP contribution is -2.45. The number of carboxylic acid groups (broad SMARTS) is 1. The Morgan fingerprint density at radius 3 is 3.05 bits per heavy atom. The third-order valence-corrected chi connectivity index (χ3v) is 3.05. The predicted molar refractivity (Wildman–Crippen MR) is 63.5 cm³/mol. The van der Waals surface area contributed by atoms with E-state index in [9.17, 15) is 9.59 Å². The van der Waals surface area contributed by atoms with E-state index in [4.69, 9.17) is 9.84 Å². The second-order valence-corrected chi connectivity index (χ2v) is 4.62. The van der Waals surface area contributed by atoms with E-state index >= 15 is 0 Å². The van der Waals surface area contributed by atoms with E-state index < -0.39 is 5.97 Å². The molecule has 1 aromatic rings. The minimum absolute atomic E-state index is 0.0373. The van der Waals surface area contributed by atoms with Crippen molar-refractivity contribution in [2.75, 3.05) is 13.2 Å². The van der Waals surface area contributed by atoms with Gasteiger partial charge < -0.3 is 15.2 Å². The van der Waals surface area contributed by atoms with Crippen LogP contribution in [0.3, 0.4) is 0 Å². The normalized spacial score (nSPS) is 23.0. The molecule has 2 atom stereocenters. The zero-order chi connectivity index (χ0) is 13.8. The second kappa shape index (κ2) is 5.79. The van der Waals surface area contributed by atoms with Gasteiger partial charge in [-0.15, -0.1) is 5.10 Å². The number of amides is 1. The third-order valence-electron chi connectivity index (χ3n) is 3.05. The van der Waals surface area contributed by atoms with Gasteiger partial charge in [0.25, 0.3) is 0 Å². The van der Waals surface area contributed by atoms with Crippen molar-refractivity contribution in [1.29, 1.82) is 0 Å². The molecule has 1 aliphatic rings. The Morgan fingerprint density at radius 1 is 1.63 bits per heavy atom. The van der Waals surface area contributed by atoms with Crippen LogP contribution in [0.15, 0.2) is 6.20 Å². The maximum Gasteiger partial charge on any atom is 0.358 e. The lowest BCUT2D eigenvalue weighted by molar-refractivity contribution is -0.123. The van der Waals surface area contributed by atoms with E-state index in [1.54, 1.807) is 0 Å². The molecule has 104 valence electrons. The first-order valence-electron chi connectivity index (χ1n) is 6.07. The van der Waals surface area contributed by atoms with Crippen LogP contribution in [0, 0.1) is 5.92 Å². The molecule has 2 N–H and O–H groups in total. The van der Waals surface area contributed by atoms with E-state index in [1.165, 1.54) is 10.9 Å². The van der Waals surface area contributed by atoms with Gasteiger partial charge in [-0.1, -0.05) is 12.1 Å². The summed E-state index contributed by atoms with van der Waals surface area (Å²) in [6.07, 6.45) is 2.01. The van der Waals surface area contributed by atoms with Gasteiger partial charge in [0.1, 0.15) is 6.54 Å². The number of aromatic carboxylic acids is 1. The van der Waals surface area contributed by atoms with Crippen LogP contribution in [0.2, 0.25) is 0 Å². The summed E-state index contributed by atoms with van der Waals surface area (Å²) in [5.74, 6) is -1.10. The molecule has 1 aromatic heterocycles. The first kappa shape index (κ1) is 13.5. The molecule has 19 heavy (non-hydrogen) atoms. The minimum Gasteiger partial charge on any atom is -0.476 e. The van der Waals surface area contributed by atoms with E-state index in [-0.39, 0.29) is 30.1 Å². The fraction of sp³-hybridized carbons (Fsp3) is 0.636. The maximum atomic E-state index is 11.8. The van der Waals surface area contributed by atoms with Gasteiger partial charge in [0.15, 0.2) is 5.69 Å². The van der Waals surface area contributed by atoms with Crippen LogP contribution in [0.1, 0.15) is 23.8 Å². The highest BCUT2D eigenvalue weighted by Gasteiger charge is 2.23. The molecular formula is C11H16N4O4.